The first-order chi connectivity index (χ1) is 11.8. The second kappa shape index (κ2) is 8.75. The summed E-state index contributed by atoms with van der Waals surface area (Å²) in [6.07, 6.45) is 1.13. The summed E-state index contributed by atoms with van der Waals surface area (Å²) in [5.74, 6) is -0.0335. The van der Waals surface area contributed by atoms with Crippen LogP contribution in [-0.4, -0.2) is 27.4 Å². The third-order valence-corrected chi connectivity index (χ3v) is 4.64. The van der Waals surface area contributed by atoms with Gasteiger partial charge in [-0.2, -0.15) is 0 Å². The fourth-order valence-electron chi connectivity index (χ4n) is 2.27. The van der Waals surface area contributed by atoms with E-state index < -0.39 is 10.0 Å². The topological polar surface area (TPSA) is 101 Å². The molecule has 25 heavy (non-hydrogen) atoms. The highest BCUT2D eigenvalue weighted by Crippen LogP contribution is 2.09. The average Bonchev–Trinajstić information content (AvgIpc) is 2.56. The molecule has 0 bridgehead atoms. The summed E-state index contributed by atoms with van der Waals surface area (Å²) >= 11 is 0. The van der Waals surface area contributed by atoms with E-state index >= 15 is 0 Å². The Labute approximate surface area is 148 Å². The molecule has 6 nitrogen and oxygen atoms in total. The average molecular weight is 361 g/mol. The van der Waals surface area contributed by atoms with Crippen molar-refractivity contribution < 1.29 is 13.2 Å². The van der Waals surface area contributed by atoms with Crippen LogP contribution in [0.3, 0.4) is 0 Å². The molecular formula is C18H23N3O3S. The smallest absolute Gasteiger partial charge is 0.238 e. The minimum atomic E-state index is -3.65. The Morgan fingerprint density at radius 1 is 1.00 bits per heavy atom. The molecule has 0 aliphatic rings. The van der Waals surface area contributed by atoms with Crippen LogP contribution in [0.1, 0.15) is 17.5 Å². The number of carbonyl (C=O) groups excluding carboxylic acids is 1. The van der Waals surface area contributed by atoms with Crippen molar-refractivity contribution in [3.05, 3.63) is 59.7 Å². The molecule has 0 unspecified atom stereocenters. The van der Waals surface area contributed by atoms with Gasteiger partial charge >= 0.3 is 0 Å². The Hall–Kier alpha value is -2.22. The maximum atomic E-state index is 11.8. The number of sulfonamides is 1. The van der Waals surface area contributed by atoms with Crippen LogP contribution in [0, 0.1) is 6.92 Å². The van der Waals surface area contributed by atoms with Crippen molar-refractivity contribution in [3.63, 3.8) is 0 Å². The van der Waals surface area contributed by atoms with Gasteiger partial charge in [0.15, 0.2) is 0 Å². The van der Waals surface area contributed by atoms with Crippen molar-refractivity contribution in [2.45, 2.75) is 24.7 Å². The molecule has 0 spiro atoms. The number of amides is 1. The maximum absolute atomic E-state index is 11.8. The van der Waals surface area contributed by atoms with Crippen LogP contribution in [0.25, 0.3) is 0 Å². The molecule has 0 radical (unpaired) electrons. The lowest BCUT2D eigenvalue weighted by Crippen LogP contribution is -2.23. The van der Waals surface area contributed by atoms with Crippen LogP contribution in [0.4, 0.5) is 5.69 Å². The number of nitrogens with two attached hydrogens (primary N) is 1. The number of carbonyl (C=O) groups is 1. The summed E-state index contributed by atoms with van der Waals surface area (Å²) in [5, 5.41) is 11.1. The van der Waals surface area contributed by atoms with Crippen LogP contribution in [0.5, 0.6) is 0 Å². The van der Waals surface area contributed by atoms with Gasteiger partial charge < -0.3 is 10.6 Å². The van der Waals surface area contributed by atoms with Gasteiger partial charge in [-0.1, -0.05) is 29.8 Å². The second-order valence-corrected chi connectivity index (χ2v) is 7.41. The summed E-state index contributed by atoms with van der Waals surface area (Å²) in [6, 6.07) is 14.2. The predicted molar refractivity (Wildman–Crippen MR) is 98.8 cm³/mol. The molecule has 1 amide bonds. The number of benzene rings is 2. The summed E-state index contributed by atoms with van der Waals surface area (Å²) < 4.78 is 22.4. The minimum Gasteiger partial charge on any atom is -0.326 e. The first kappa shape index (κ1) is 19.1. The van der Waals surface area contributed by atoms with Crippen molar-refractivity contribution in [2.24, 2.45) is 5.14 Å². The van der Waals surface area contributed by atoms with Crippen molar-refractivity contribution >= 4 is 21.6 Å². The molecule has 0 saturated carbocycles. The van der Waals surface area contributed by atoms with Gasteiger partial charge in [0.25, 0.3) is 0 Å². The monoisotopic (exact) mass is 361 g/mol. The highest BCUT2D eigenvalue weighted by atomic mass is 32.2. The molecule has 0 saturated heterocycles. The Kier molecular flexibility index (Phi) is 6.69. The quantitative estimate of drug-likeness (QED) is 0.624. The largest absolute Gasteiger partial charge is 0.326 e. The van der Waals surface area contributed by atoms with Crippen LogP contribution in [0.2, 0.25) is 0 Å². The third-order valence-electron chi connectivity index (χ3n) is 3.71. The number of nitrogens with one attached hydrogen (secondary N) is 2. The van der Waals surface area contributed by atoms with Crippen LogP contribution in [0.15, 0.2) is 53.4 Å². The van der Waals surface area contributed by atoms with Gasteiger partial charge in [-0.3, -0.25) is 4.79 Å². The molecule has 0 aliphatic heterocycles. The molecule has 2 rings (SSSR count). The summed E-state index contributed by atoms with van der Waals surface area (Å²) in [4.78, 5) is 12.0. The first-order valence-corrected chi connectivity index (χ1v) is 9.58. The Morgan fingerprint density at radius 2 is 1.64 bits per heavy atom. The van der Waals surface area contributed by atoms with Gasteiger partial charge in [-0.25, -0.2) is 13.6 Å². The fourth-order valence-corrected chi connectivity index (χ4v) is 2.78. The molecule has 0 fully saturated rings. The van der Waals surface area contributed by atoms with Gasteiger partial charge in [-0.05, 0) is 49.7 Å². The van der Waals surface area contributed by atoms with Crippen molar-refractivity contribution in [3.8, 4) is 0 Å². The Morgan fingerprint density at radius 3 is 2.24 bits per heavy atom. The van der Waals surface area contributed by atoms with E-state index in [1.807, 2.05) is 31.2 Å². The molecule has 4 N–H and O–H groups in total. The van der Waals surface area contributed by atoms with Gasteiger partial charge in [-0.15, -0.1) is 0 Å². The van der Waals surface area contributed by atoms with E-state index in [4.69, 9.17) is 5.14 Å². The zero-order valence-corrected chi connectivity index (χ0v) is 15.0. The molecule has 2 aromatic carbocycles. The lowest BCUT2D eigenvalue weighted by molar-refractivity contribution is -0.116. The SMILES string of the molecule is Cc1ccc(NC(=O)CCNCCc2ccc(S(N)(=O)=O)cc2)cc1. The normalized spacial score (nSPS) is 11.3. The van der Waals surface area contributed by atoms with Gasteiger partial charge in [0.1, 0.15) is 0 Å². The molecule has 0 atom stereocenters. The summed E-state index contributed by atoms with van der Waals surface area (Å²) in [6.45, 7) is 3.28. The Bertz CT molecular complexity index is 800. The zero-order valence-electron chi connectivity index (χ0n) is 14.2. The van der Waals surface area contributed by atoms with Gasteiger partial charge in [0.05, 0.1) is 4.90 Å². The van der Waals surface area contributed by atoms with E-state index in [9.17, 15) is 13.2 Å². The molecule has 2 aromatic rings. The number of hydrogen-bond acceptors (Lipinski definition) is 4. The van der Waals surface area contributed by atoms with Gasteiger partial charge in [0, 0.05) is 18.7 Å². The number of aryl methyl sites for hydroxylation is 1. The predicted octanol–water partition coefficient (Wildman–Crippen LogP) is 1.80. The highest BCUT2D eigenvalue weighted by molar-refractivity contribution is 7.89. The molecule has 0 aromatic heterocycles. The third kappa shape index (κ3) is 6.66. The lowest BCUT2D eigenvalue weighted by atomic mass is 10.1. The van der Waals surface area contributed by atoms with Crippen molar-refractivity contribution in [2.75, 3.05) is 18.4 Å². The van der Waals surface area contributed by atoms with E-state index in [-0.39, 0.29) is 10.8 Å². The molecule has 134 valence electrons. The fraction of sp³-hybridized carbons (Fsp3) is 0.278. The van der Waals surface area contributed by atoms with Crippen LogP contribution >= 0.6 is 0 Å². The summed E-state index contributed by atoms with van der Waals surface area (Å²) in [7, 11) is -3.65. The van der Waals surface area contributed by atoms with Crippen LogP contribution < -0.4 is 15.8 Å². The Balaban J connectivity index is 1.66. The molecule has 0 aliphatic carbocycles. The molecule has 7 heteroatoms. The standard InChI is InChI=1S/C18H23N3O3S/c1-14-2-6-16(7-3-14)21-18(22)11-13-20-12-10-15-4-8-17(9-5-15)25(19,23)24/h2-9,20H,10-13H2,1H3,(H,21,22)(H2,19,23,24). The number of rotatable bonds is 8. The number of hydrogen-bond donors (Lipinski definition) is 3. The van der Waals surface area contributed by atoms with E-state index in [1.54, 1.807) is 12.1 Å². The van der Waals surface area contributed by atoms with E-state index in [2.05, 4.69) is 10.6 Å². The lowest BCUT2D eigenvalue weighted by Gasteiger charge is -2.07. The number of anilines is 1. The zero-order chi connectivity index (χ0) is 18.3. The second-order valence-electron chi connectivity index (χ2n) is 5.85. The maximum Gasteiger partial charge on any atom is 0.238 e. The minimum absolute atomic E-state index is 0.0335. The van der Waals surface area contributed by atoms with E-state index in [0.29, 0.717) is 19.5 Å². The first-order valence-electron chi connectivity index (χ1n) is 8.03. The highest BCUT2D eigenvalue weighted by Gasteiger charge is 2.06. The van der Waals surface area contributed by atoms with Gasteiger partial charge in [0.2, 0.25) is 15.9 Å². The van der Waals surface area contributed by atoms with E-state index in [1.165, 1.54) is 12.1 Å². The van der Waals surface area contributed by atoms with Crippen LogP contribution in [-0.2, 0) is 21.2 Å². The van der Waals surface area contributed by atoms with Crippen molar-refractivity contribution in [1.82, 2.24) is 5.32 Å². The van der Waals surface area contributed by atoms with Crippen molar-refractivity contribution in [1.29, 1.82) is 0 Å². The van der Waals surface area contributed by atoms with E-state index in [0.717, 1.165) is 23.2 Å². The summed E-state index contributed by atoms with van der Waals surface area (Å²) in [5.41, 5.74) is 2.95. The molecular weight excluding hydrogens is 338 g/mol. The number of primary sulfonamides is 1. The molecule has 0 heterocycles.